The minimum atomic E-state index is -3.00. The van der Waals surface area contributed by atoms with Gasteiger partial charge < -0.3 is 15.4 Å². The second kappa shape index (κ2) is 8.11. The van der Waals surface area contributed by atoms with E-state index >= 15 is 0 Å². The minimum absolute atomic E-state index is 0.0272. The van der Waals surface area contributed by atoms with Gasteiger partial charge in [-0.15, -0.1) is 11.8 Å². The van der Waals surface area contributed by atoms with Crippen LogP contribution >= 0.6 is 11.8 Å². The van der Waals surface area contributed by atoms with Crippen molar-refractivity contribution in [2.45, 2.75) is 11.5 Å². The molecular formula is C20H17F2N7O2S. The first-order valence-electron chi connectivity index (χ1n) is 9.63. The molecule has 1 aromatic carbocycles. The molecule has 0 radical (unpaired) electrons. The lowest BCUT2D eigenvalue weighted by molar-refractivity contribution is -0.0494. The van der Waals surface area contributed by atoms with Gasteiger partial charge in [0.05, 0.1) is 17.6 Å². The van der Waals surface area contributed by atoms with E-state index in [4.69, 9.17) is 4.74 Å². The highest BCUT2D eigenvalue weighted by atomic mass is 32.2. The van der Waals surface area contributed by atoms with Crippen molar-refractivity contribution in [2.75, 3.05) is 22.9 Å². The van der Waals surface area contributed by atoms with Crippen LogP contribution in [0.1, 0.15) is 10.4 Å². The normalized spacial score (nSPS) is 13.1. The zero-order chi connectivity index (χ0) is 22.2. The number of ether oxygens (including phenoxy) is 1. The van der Waals surface area contributed by atoms with Crippen LogP contribution in [0.15, 0.2) is 47.9 Å². The van der Waals surface area contributed by atoms with Gasteiger partial charge in [-0.3, -0.25) is 9.48 Å². The van der Waals surface area contributed by atoms with Crippen LogP contribution in [-0.2, 0) is 7.05 Å². The first-order valence-corrected chi connectivity index (χ1v) is 10.6. The van der Waals surface area contributed by atoms with Crippen LogP contribution in [-0.4, -0.2) is 49.2 Å². The highest BCUT2D eigenvalue weighted by Crippen LogP contribution is 2.43. The number of carbonyl (C=O) groups is 1. The number of alkyl halides is 2. The molecule has 0 fully saturated rings. The Morgan fingerprint density at radius 3 is 3.09 bits per heavy atom. The lowest BCUT2D eigenvalue weighted by atomic mass is 10.1. The molecule has 9 nitrogen and oxygen atoms in total. The standard InChI is InChI=1S/C20H17F2N7O2S/c1-28-10-14(26-19(30)12-9-25-29-5-2-3-24-18(12)29)17(27-28)11-7-16-13(23-4-6-32-16)8-15(11)31-20(21)22/h2-3,5,7-10,20,23H,4,6H2,1H3,(H,26,30). The van der Waals surface area contributed by atoms with E-state index in [1.54, 1.807) is 55.6 Å². The summed E-state index contributed by atoms with van der Waals surface area (Å²) in [4.78, 5) is 18.1. The molecular weight excluding hydrogens is 440 g/mol. The Morgan fingerprint density at radius 2 is 2.25 bits per heavy atom. The molecule has 0 saturated heterocycles. The van der Waals surface area contributed by atoms with E-state index in [0.717, 1.165) is 22.9 Å². The Morgan fingerprint density at radius 1 is 1.38 bits per heavy atom. The van der Waals surface area contributed by atoms with Crippen LogP contribution in [0.2, 0.25) is 0 Å². The van der Waals surface area contributed by atoms with Gasteiger partial charge in [0.2, 0.25) is 0 Å². The average Bonchev–Trinajstić information content (AvgIpc) is 3.36. The molecule has 0 spiro atoms. The number of fused-ring (bicyclic) bond motifs is 2. The van der Waals surface area contributed by atoms with Crippen molar-refractivity contribution < 1.29 is 18.3 Å². The third-order valence-electron chi connectivity index (χ3n) is 4.83. The predicted molar refractivity (Wildman–Crippen MR) is 115 cm³/mol. The quantitative estimate of drug-likeness (QED) is 0.473. The van der Waals surface area contributed by atoms with Crippen molar-refractivity contribution in [2.24, 2.45) is 7.05 Å². The maximum absolute atomic E-state index is 13.1. The van der Waals surface area contributed by atoms with Gasteiger partial charge in [0.25, 0.3) is 5.91 Å². The van der Waals surface area contributed by atoms with Crippen LogP contribution < -0.4 is 15.4 Å². The van der Waals surface area contributed by atoms with Gasteiger partial charge in [0.15, 0.2) is 5.65 Å². The summed E-state index contributed by atoms with van der Waals surface area (Å²) in [7, 11) is 1.68. The Kier molecular flexibility index (Phi) is 5.13. The van der Waals surface area contributed by atoms with E-state index in [-0.39, 0.29) is 11.3 Å². The zero-order valence-corrected chi connectivity index (χ0v) is 17.6. The van der Waals surface area contributed by atoms with E-state index < -0.39 is 12.5 Å². The summed E-state index contributed by atoms with van der Waals surface area (Å²) in [6.07, 6.45) is 6.26. The van der Waals surface area contributed by atoms with Gasteiger partial charge in [-0.05, 0) is 12.1 Å². The molecule has 4 heterocycles. The topological polar surface area (TPSA) is 98.4 Å². The van der Waals surface area contributed by atoms with E-state index in [9.17, 15) is 13.6 Å². The van der Waals surface area contributed by atoms with E-state index in [2.05, 4.69) is 25.8 Å². The average molecular weight is 457 g/mol. The number of hydrogen-bond donors (Lipinski definition) is 2. The number of thioether (sulfide) groups is 1. The molecule has 1 amide bonds. The highest BCUT2D eigenvalue weighted by Gasteiger charge is 2.24. The number of rotatable bonds is 5. The van der Waals surface area contributed by atoms with Crippen LogP contribution in [0.25, 0.3) is 16.9 Å². The van der Waals surface area contributed by atoms with Gasteiger partial charge in [-0.25, -0.2) is 9.50 Å². The number of nitrogens with one attached hydrogen (secondary N) is 2. The van der Waals surface area contributed by atoms with Crippen LogP contribution in [0.5, 0.6) is 5.75 Å². The van der Waals surface area contributed by atoms with Crippen molar-refractivity contribution >= 4 is 34.7 Å². The highest BCUT2D eigenvalue weighted by molar-refractivity contribution is 7.99. The van der Waals surface area contributed by atoms with Gasteiger partial charge in [-0.1, -0.05) is 0 Å². The van der Waals surface area contributed by atoms with Gasteiger partial charge in [-0.2, -0.15) is 19.0 Å². The SMILES string of the molecule is Cn1cc(NC(=O)c2cnn3cccnc23)c(-c2cc3c(cc2OC(F)F)NCCS3)n1. The maximum Gasteiger partial charge on any atom is 0.387 e. The fourth-order valence-corrected chi connectivity index (χ4v) is 4.41. The Labute approximate surface area is 184 Å². The largest absolute Gasteiger partial charge is 0.434 e. The molecule has 0 bridgehead atoms. The van der Waals surface area contributed by atoms with Gasteiger partial charge >= 0.3 is 6.61 Å². The molecule has 5 rings (SSSR count). The molecule has 32 heavy (non-hydrogen) atoms. The van der Waals surface area contributed by atoms with Crippen LogP contribution in [0.3, 0.4) is 0 Å². The molecule has 0 saturated carbocycles. The Hall–Kier alpha value is -3.67. The van der Waals surface area contributed by atoms with Gasteiger partial charge in [0, 0.05) is 54.5 Å². The molecule has 2 N–H and O–H groups in total. The van der Waals surface area contributed by atoms with Crippen molar-refractivity contribution in [3.05, 3.63) is 48.5 Å². The molecule has 0 aliphatic carbocycles. The Bertz CT molecular complexity index is 1320. The predicted octanol–water partition coefficient (Wildman–Crippen LogP) is 3.50. The summed E-state index contributed by atoms with van der Waals surface area (Å²) in [5, 5.41) is 14.5. The fourth-order valence-electron chi connectivity index (χ4n) is 3.50. The third-order valence-corrected chi connectivity index (χ3v) is 5.89. The zero-order valence-electron chi connectivity index (χ0n) is 16.7. The summed E-state index contributed by atoms with van der Waals surface area (Å²) in [6, 6.07) is 4.99. The summed E-state index contributed by atoms with van der Waals surface area (Å²) >= 11 is 1.60. The van der Waals surface area contributed by atoms with Crippen molar-refractivity contribution in [1.29, 1.82) is 0 Å². The Balaban J connectivity index is 1.55. The summed E-state index contributed by atoms with van der Waals surface area (Å²) in [5.41, 5.74) is 2.41. The molecule has 0 atom stereocenters. The first-order chi connectivity index (χ1) is 15.5. The minimum Gasteiger partial charge on any atom is -0.434 e. The number of aromatic nitrogens is 5. The molecule has 1 aliphatic heterocycles. The number of nitrogens with zero attached hydrogens (tertiary/aromatic N) is 5. The van der Waals surface area contributed by atoms with Crippen LogP contribution in [0.4, 0.5) is 20.2 Å². The van der Waals surface area contributed by atoms with Crippen molar-refractivity contribution in [3.63, 3.8) is 0 Å². The van der Waals surface area contributed by atoms with Crippen LogP contribution in [0, 0.1) is 0 Å². The smallest absolute Gasteiger partial charge is 0.387 e. The van der Waals surface area contributed by atoms with E-state index in [0.29, 0.717) is 22.6 Å². The number of carbonyl (C=O) groups excluding carboxylic acids is 1. The maximum atomic E-state index is 13.1. The monoisotopic (exact) mass is 457 g/mol. The number of amides is 1. The third kappa shape index (κ3) is 3.73. The van der Waals surface area contributed by atoms with Crippen molar-refractivity contribution in [1.82, 2.24) is 24.4 Å². The van der Waals surface area contributed by atoms with E-state index in [1.165, 1.54) is 15.4 Å². The molecule has 12 heteroatoms. The first kappa shape index (κ1) is 20.2. The number of halogens is 2. The molecule has 1 aliphatic rings. The van der Waals surface area contributed by atoms with Gasteiger partial charge in [0.1, 0.15) is 17.0 Å². The second-order valence-electron chi connectivity index (χ2n) is 6.96. The fraction of sp³-hybridized carbons (Fsp3) is 0.200. The summed E-state index contributed by atoms with van der Waals surface area (Å²) in [6.45, 7) is -2.28. The number of aryl methyl sites for hydroxylation is 1. The number of benzene rings is 1. The van der Waals surface area contributed by atoms with Crippen molar-refractivity contribution in [3.8, 4) is 17.0 Å². The lowest BCUT2D eigenvalue weighted by Crippen LogP contribution is -2.13. The lowest BCUT2D eigenvalue weighted by Gasteiger charge is -2.20. The van der Waals surface area contributed by atoms with E-state index in [1.807, 2.05) is 0 Å². The number of hydrogen-bond acceptors (Lipinski definition) is 7. The summed E-state index contributed by atoms with van der Waals surface area (Å²) < 4.78 is 34.1. The molecule has 0 unspecified atom stereocenters. The number of anilines is 2. The second-order valence-corrected chi connectivity index (χ2v) is 8.10. The summed E-state index contributed by atoms with van der Waals surface area (Å²) in [5.74, 6) is 0.369. The molecule has 3 aromatic heterocycles. The molecule has 4 aromatic rings. The molecule has 164 valence electrons.